The van der Waals surface area contributed by atoms with Crippen LogP contribution in [0.4, 0.5) is 15.8 Å². The van der Waals surface area contributed by atoms with Crippen LogP contribution < -0.4 is 10.2 Å². The predicted octanol–water partition coefficient (Wildman–Crippen LogP) is 6.36. The van der Waals surface area contributed by atoms with Crippen molar-refractivity contribution in [3.05, 3.63) is 95.3 Å². The standard InChI is InChI=1S/C31H34FN3O2/c1-21-10-6-17-27(32)28(21)31(37)35-19-9-16-26(29(35)23-12-4-3-5-13-23)30(36)33-24-14-7-15-25(20-24)34-18-8-11-22(34)2/h3-7,10,12-15,17,20,22,26,29H,8-9,11,16,18-19H2,1-2H3,(H,33,36)/t22-,26-,29-/m0/s1. The number of hydrogen-bond acceptors (Lipinski definition) is 3. The van der Waals surface area contributed by atoms with Crippen LogP contribution in [0.3, 0.4) is 0 Å². The van der Waals surface area contributed by atoms with Crippen molar-refractivity contribution < 1.29 is 14.0 Å². The molecule has 6 heteroatoms. The van der Waals surface area contributed by atoms with Crippen LogP contribution in [-0.4, -0.2) is 35.8 Å². The second-order valence-corrected chi connectivity index (χ2v) is 10.3. The molecule has 3 aromatic carbocycles. The van der Waals surface area contributed by atoms with E-state index in [0.717, 1.165) is 23.5 Å². The first-order valence-electron chi connectivity index (χ1n) is 13.2. The Labute approximate surface area is 218 Å². The number of rotatable bonds is 5. The number of piperidine rings is 1. The van der Waals surface area contributed by atoms with Gasteiger partial charge in [0.15, 0.2) is 0 Å². The van der Waals surface area contributed by atoms with E-state index in [9.17, 15) is 14.0 Å². The summed E-state index contributed by atoms with van der Waals surface area (Å²) in [4.78, 5) is 31.5. The molecule has 1 N–H and O–H groups in total. The molecule has 0 unspecified atom stereocenters. The maximum atomic E-state index is 14.8. The van der Waals surface area contributed by atoms with Gasteiger partial charge in [0.25, 0.3) is 5.91 Å². The molecule has 0 aromatic heterocycles. The van der Waals surface area contributed by atoms with Gasteiger partial charge in [0.1, 0.15) is 5.82 Å². The van der Waals surface area contributed by atoms with Crippen LogP contribution in [-0.2, 0) is 4.79 Å². The fraction of sp³-hybridized carbons (Fsp3) is 0.355. The number of carbonyl (C=O) groups is 2. The first-order chi connectivity index (χ1) is 17.9. The first kappa shape index (κ1) is 25.0. The fourth-order valence-corrected chi connectivity index (χ4v) is 5.92. The smallest absolute Gasteiger partial charge is 0.257 e. The molecule has 2 saturated heterocycles. The van der Waals surface area contributed by atoms with Crippen LogP contribution in [0, 0.1) is 18.7 Å². The van der Waals surface area contributed by atoms with Crippen molar-refractivity contribution in [2.24, 2.45) is 5.92 Å². The lowest BCUT2D eigenvalue weighted by Crippen LogP contribution is -2.46. The minimum absolute atomic E-state index is 0.0805. The minimum Gasteiger partial charge on any atom is -0.369 e. The molecule has 2 heterocycles. The number of anilines is 2. The molecule has 0 saturated carbocycles. The summed E-state index contributed by atoms with van der Waals surface area (Å²) in [6, 6.07) is 22.3. The normalized spacial score (nSPS) is 21.6. The molecule has 3 atom stereocenters. The average molecular weight is 500 g/mol. The Bertz CT molecular complexity index is 1260. The summed E-state index contributed by atoms with van der Waals surface area (Å²) >= 11 is 0. The molecule has 2 fully saturated rings. The van der Waals surface area contributed by atoms with Gasteiger partial charge < -0.3 is 15.1 Å². The molecular weight excluding hydrogens is 465 g/mol. The number of aryl methyl sites for hydroxylation is 1. The largest absolute Gasteiger partial charge is 0.369 e. The Morgan fingerprint density at radius 3 is 2.41 bits per heavy atom. The summed E-state index contributed by atoms with van der Waals surface area (Å²) in [5.74, 6) is -1.48. The maximum absolute atomic E-state index is 14.8. The van der Waals surface area contributed by atoms with Gasteiger partial charge in [-0.25, -0.2) is 4.39 Å². The number of likely N-dealkylation sites (tertiary alicyclic amines) is 1. The van der Waals surface area contributed by atoms with Gasteiger partial charge in [0, 0.05) is 30.5 Å². The van der Waals surface area contributed by atoms with Crippen LogP contribution in [0.25, 0.3) is 0 Å². The molecule has 2 amide bonds. The van der Waals surface area contributed by atoms with Gasteiger partial charge in [0.2, 0.25) is 5.91 Å². The molecule has 2 aliphatic heterocycles. The van der Waals surface area contributed by atoms with Gasteiger partial charge in [-0.05, 0) is 74.9 Å². The maximum Gasteiger partial charge on any atom is 0.257 e. The SMILES string of the molecule is Cc1cccc(F)c1C(=O)N1CCC[C@H](C(=O)Nc2cccc(N3CCC[C@@H]3C)c2)[C@@H]1c1ccccc1. The molecule has 37 heavy (non-hydrogen) atoms. The zero-order valence-corrected chi connectivity index (χ0v) is 21.5. The van der Waals surface area contributed by atoms with Crippen LogP contribution in [0.1, 0.15) is 60.1 Å². The second kappa shape index (κ2) is 10.8. The van der Waals surface area contributed by atoms with E-state index < -0.39 is 17.8 Å². The van der Waals surface area contributed by atoms with Crippen molar-refractivity contribution in [2.75, 3.05) is 23.3 Å². The zero-order chi connectivity index (χ0) is 25.9. The third-order valence-electron chi connectivity index (χ3n) is 7.80. The minimum atomic E-state index is -0.531. The number of nitrogens with zero attached hydrogens (tertiary/aromatic N) is 2. The van der Waals surface area contributed by atoms with Gasteiger partial charge in [-0.1, -0.05) is 48.5 Å². The van der Waals surface area contributed by atoms with Gasteiger partial charge in [-0.15, -0.1) is 0 Å². The van der Waals surface area contributed by atoms with Crippen LogP contribution in [0.5, 0.6) is 0 Å². The molecule has 5 rings (SSSR count). The van der Waals surface area contributed by atoms with E-state index in [-0.39, 0.29) is 17.4 Å². The number of amides is 2. The Hall–Kier alpha value is -3.67. The molecule has 0 bridgehead atoms. The highest BCUT2D eigenvalue weighted by Crippen LogP contribution is 2.38. The molecule has 192 valence electrons. The molecule has 0 spiro atoms. The van der Waals surface area contributed by atoms with Crippen molar-refractivity contribution in [1.29, 1.82) is 0 Å². The second-order valence-electron chi connectivity index (χ2n) is 10.3. The van der Waals surface area contributed by atoms with Crippen molar-refractivity contribution in [1.82, 2.24) is 4.90 Å². The Balaban J connectivity index is 1.44. The number of halogens is 1. The molecular formula is C31H34FN3O2. The molecule has 3 aromatic rings. The lowest BCUT2D eigenvalue weighted by atomic mass is 9.83. The van der Waals surface area contributed by atoms with Crippen molar-refractivity contribution in [3.63, 3.8) is 0 Å². The van der Waals surface area contributed by atoms with E-state index in [1.807, 2.05) is 48.5 Å². The number of nitrogens with one attached hydrogen (secondary N) is 1. The van der Waals surface area contributed by atoms with Crippen LogP contribution in [0.2, 0.25) is 0 Å². The van der Waals surface area contributed by atoms with E-state index >= 15 is 0 Å². The zero-order valence-electron chi connectivity index (χ0n) is 21.5. The molecule has 2 aliphatic rings. The highest BCUT2D eigenvalue weighted by molar-refractivity contribution is 5.98. The third-order valence-corrected chi connectivity index (χ3v) is 7.80. The first-order valence-corrected chi connectivity index (χ1v) is 13.2. The van der Waals surface area contributed by atoms with E-state index in [1.165, 1.54) is 18.9 Å². The topological polar surface area (TPSA) is 52.7 Å². The highest BCUT2D eigenvalue weighted by atomic mass is 19.1. The Morgan fingerprint density at radius 2 is 1.68 bits per heavy atom. The summed E-state index contributed by atoms with van der Waals surface area (Å²) in [5, 5.41) is 3.13. The van der Waals surface area contributed by atoms with E-state index in [2.05, 4.69) is 23.2 Å². The van der Waals surface area contributed by atoms with Crippen LogP contribution >= 0.6 is 0 Å². The summed E-state index contributed by atoms with van der Waals surface area (Å²) in [5.41, 5.74) is 3.41. The monoisotopic (exact) mass is 499 g/mol. The summed E-state index contributed by atoms with van der Waals surface area (Å²) in [6.07, 6.45) is 3.66. The number of hydrogen-bond donors (Lipinski definition) is 1. The van der Waals surface area contributed by atoms with E-state index in [1.54, 1.807) is 24.0 Å². The summed E-state index contributed by atoms with van der Waals surface area (Å²) < 4.78 is 14.8. The van der Waals surface area contributed by atoms with Gasteiger partial charge >= 0.3 is 0 Å². The molecule has 0 aliphatic carbocycles. The van der Waals surface area contributed by atoms with Crippen molar-refractivity contribution in [2.45, 2.75) is 51.6 Å². The van der Waals surface area contributed by atoms with Crippen molar-refractivity contribution >= 4 is 23.2 Å². The number of benzene rings is 3. The lowest BCUT2D eigenvalue weighted by molar-refractivity contribution is -0.123. The average Bonchev–Trinajstić information content (AvgIpc) is 3.34. The summed E-state index contributed by atoms with van der Waals surface area (Å²) in [6.45, 7) is 5.46. The molecule has 5 nitrogen and oxygen atoms in total. The summed E-state index contributed by atoms with van der Waals surface area (Å²) in [7, 11) is 0. The van der Waals surface area contributed by atoms with Gasteiger partial charge in [0.05, 0.1) is 17.5 Å². The number of carbonyl (C=O) groups excluding carboxylic acids is 2. The fourth-order valence-electron chi connectivity index (χ4n) is 5.92. The van der Waals surface area contributed by atoms with Gasteiger partial charge in [-0.3, -0.25) is 9.59 Å². The third kappa shape index (κ3) is 5.10. The highest BCUT2D eigenvalue weighted by Gasteiger charge is 2.40. The van der Waals surface area contributed by atoms with Gasteiger partial charge in [-0.2, -0.15) is 0 Å². The quantitative estimate of drug-likeness (QED) is 0.445. The predicted molar refractivity (Wildman–Crippen MR) is 145 cm³/mol. The Kier molecular flexibility index (Phi) is 7.26. The lowest BCUT2D eigenvalue weighted by Gasteiger charge is -2.41. The van der Waals surface area contributed by atoms with E-state index in [4.69, 9.17) is 0 Å². The van der Waals surface area contributed by atoms with E-state index in [0.29, 0.717) is 31.0 Å². The van der Waals surface area contributed by atoms with Crippen LogP contribution in [0.15, 0.2) is 72.8 Å². The molecule has 0 radical (unpaired) electrons. The van der Waals surface area contributed by atoms with Crippen molar-refractivity contribution in [3.8, 4) is 0 Å². The Morgan fingerprint density at radius 1 is 0.919 bits per heavy atom.